The number of nitrogens with zero attached hydrogens (tertiary/aromatic N) is 1. The summed E-state index contributed by atoms with van der Waals surface area (Å²) < 4.78 is 11.8. The third kappa shape index (κ3) is 2.04. The van der Waals surface area contributed by atoms with E-state index in [1.54, 1.807) is 0 Å². The van der Waals surface area contributed by atoms with E-state index in [1.165, 1.54) is 23.8 Å². The van der Waals surface area contributed by atoms with Crippen LogP contribution in [0, 0.1) is 0 Å². The van der Waals surface area contributed by atoms with Gasteiger partial charge in [0.05, 0.1) is 18.8 Å². The van der Waals surface area contributed by atoms with Gasteiger partial charge in [-0.3, -0.25) is 4.90 Å². The Morgan fingerprint density at radius 2 is 1.90 bits per heavy atom. The van der Waals surface area contributed by atoms with Crippen molar-refractivity contribution in [3.05, 3.63) is 35.6 Å². The molecule has 2 aliphatic heterocycles. The molecule has 1 aromatic heterocycles. The highest BCUT2D eigenvalue weighted by atomic mass is 16.5. The van der Waals surface area contributed by atoms with Gasteiger partial charge in [0.15, 0.2) is 0 Å². The molecule has 2 unspecified atom stereocenters. The normalized spacial score (nSPS) is 26.4. The first kappa shape index (κ1) is 12.4. The highest BCUT2D eigenvalue weighted by molar-refractivity contribution is 5.82. The molecule has 2 atom stereocenters. The summed E-state index contributed by atoms with van der Waals surface area (Å²) >= 11 is 0. The van der Waals surface area contributed by atoms with Crippen LogP contribution in [0.1, 0.15) is 24.2 Å². The molecule has 3 heterocycles. The van der Waals surface area contributed by atoms with Crippen molar-refractivity contribution in [3.63, 3.8) is 0 Å². The number of rotatable bonds is 3. The van der Waals surface area contributed by atoms with Gasteiger partial charge in [0.25, 0.3) is 0 Å². The molecule has 2 aliphatic rings. The molecule has 1 aromatic carbocycles. The monoisotopic (exact) mass is 272 g/mol. The number of hydrogen-bond donors (Lipinski definition) is 1. The fraction of sp³-hybridized carbons (Fsp3) is 0.500. The lowest BCUT2D eigenvalue weighted by Crippen LogP contribution is -2.42. The molecule has 2 bridgehead atoms. The van der Waals surface area contributed by atoms with Gasteiger partial charge < -0.3 is 14.9 Å². The molecule has 4 rings (SSSR count). The van der Waals surface area contributed by atoms with E-state index >= 15 is 0 Å². The standard InChI is InChI=1S/C16H20N2O2/c17-7-16-14(13-3-1-2-4-15(13)20-16)10-18-8-11-5-6-12(9-18)19-11/h1-4,11-12H,5-10,17H2. The molecular weight excluding hydrogens is 252 g/mol. The second-order valence-corrected chi connectivity index (χ2v) is 5.86. The Labute approximate surface area is 118 Å². The minimum atomic E-state index is 0.424. The van der Waals surface area contributed by atoms with E-state index in [2.05, 4.69) is 17.0 Å². The van der Waals surface area contributed by atoms with Gasteiger partial charge in [-0.2, -0.15) is 0 Å². The summed E-state index contributed by atoms with van der Waals surface area (Å²) in [7, 11) is 0. The number of fused-ring (bicyclic) bond motifs is 3. The minimum Gasteiger partial charge on any atom is -0.459 e. The molecule has 2 aromatic rings. The van der Waals surface area contributed by atoms with Crippen LogP contribution in [0.3, 0.4) is 0 Å². The maximum absolute atomic E-state index is 5.90. The molecule has 2 fully saturated rings. The lowest BCUT2D eigenvalue weighted by atomic mass is 10.1. The van der Waals surface area contributed by atoms with Crippen molar-refractivity contribution in [2.45, 2.75) is 38.1 Å². The van der Waals surface area contributed by atoms with Crippen LogP contribution in [0.25, 0.3) is 11.0 Å². The van der Waals surface area contributed by atoms with Crippen molar-refractivity contribution in [2.24, 2.45) is 5.73 Å². The third-order valence-corrected chi connectivity index (χ3v) is 4.47. The molecule has 106 valence electrons. The van der Waals surface area contributed by atoms with Crippen LogP contribution in [0.4, 0.5) is 0 Å². The Morgan fingerprint density at radius 1 is 1.15 bits per heavy atom. The van der Waals surface area contributed by atoms with Gasteiger partial charge in [0.2, 0.25) is 0 Å². The summed E-state index contributed by atoms with van der Waals surface area (Å²) in [5.41, 5.74) is 8.05. The van der Waals surface area contributed by atoms with Crippen molar-refractivity contribution in [1.82, 2.24) is 4.90 Å². The van der Waals surface area contributed by atoms with E-state index in [4.69, 9.17) is 14.9 Å². The fourth-order valence-electron chi connectivity index (χ4n) is 3.54. The van der Waals surface area contributed by atoms with Crippen LogP contribution in [0.5, 0.6) is 0 Å². The lowest BCUT2D eigenvalue weighted by molar-refractivity contribution is -0.0410. The maximum Gasteiger partial charge on any atom is 0.134 e. The molecular formula is C16H20N2O2. The lowest BCUT2D eigenvalue weighted by Gasteiger charge is -2.32. The third-order valence-electron chi connectivity index (χ3n) is 4.47. The summed E-state index contributed by atoms with van der Waals surface area (Å²) in [4.78, 5) is 2.49. The number of furan rings is 1. The first-order valence-electron chi connectivity index (χ1n) is 7.40. The number of hydrogen-bond acceptors (Lipinski definition) is 4. The SMILES string of the molecule is NCc1oc2ccccc2c1CN1CC2CCC(C1)O2. The average molecular weight is 272 g/mol. The molecule has 20 heavy (non-hydrogen) atoms. The van der Waals surface area contributed by atoms with Gasteiger partial charge in [0, 0.05) is 30.6 Å². The van der Waals surface area contributed by atoms with Crippen LogP contribution in [-0.4, -0.2) is 30.2 Å². The van der Waals surface area contributed by atoms with Gasteiger partial charge in [0.1, 0.15) is 11.3 Å². The summed E-state index contributed by atoms with van der Waals surface area (Å²) in [5, 5.41) is 1.20. The zero-order chi connectivity index (χ0) is 13.5. The van der Waals surface area contributed by atoms with Gasteiger partial charge in [-0.25, -0.2) is 0 Å². The zero-order valence-electron chi connectivity index (χ0n) is 11.5. The van der Waals surface area contributed by atoms with Crippen LogP contribution >= 0.6 is 0 Å². The number of ether oxygens (including phenoxy) is 1. The highest BCUT2D eigenvalue weighted by Gasteiger charge is 2.34. The van der Waals surface area contributed by atoms with E-state index in [1.807, 2.05) is 12.1 Å². The molecule has 2 saturated heterocycles. The highest BCUT2D eigenvalue weighted by Crippen LogP contribution is 2.31. The topological polar surface area (TPSA) is 51.6 Å². The molecule has 4 nitrogen and oxygen atoms in total. The zero-order valence-corrected chi connectivity index (χ0v) is 11.5. The summed E-state index contributed by atoms with van der Waals surface area (Å²) in [6, 6.07) is 8.21. The Hall–Kier alpha value is -1.36. The van der Waals surface area contributed by atoms with Crippen molar-refractivity contribution < 1.29 is 9.15 Å². The second-order valence-electron chi connectivity index (χ2n) is 5.86. The Morgan fingerprint density at radius 3 is 2.65 bits per heavy atom. The van der Waals surface area contributed by atoms with E-state index in [0.29, 0.717) is 18.8 Å². The largest absolute Gasteiger partial charge is 0.459 e. The number of morpholine rings is 1. The smallest absolute Gasteiger partial charge is 0.134 e. The molecule has 0 aliphatic carbocycles. The van der Waals surface area contributed by atoms with E-state index < -0.39 is 0 Å². The van der Waals surface area contributed by atoms with Crippen LogP contribution in [0.2, 0.25) is 0 Å². The number of benzene rings is 1. The van der Waals surface area contributed by atoms with Crippen molar-refractivity contribution in [3.8, 4) is 0 Å². The molecule has 4 heteroatoms. The van der Waals surface area contributed by atoms with Crippen LogP contribution < -0.4 is 5.73 Å². The van der Waals surface area contributed by atoms with Crippen LogP contribution in [0.15, 0.2) is 28.7 Å². The molecule has 0 spiro atoms. The first-order chi connectivity index (χ1) is 9.83. The summed E-state index contributed by atoms with van der Waals surface area (Å²) in [6.07, 6.45) is 3.26. The first-order valence-corrected chi connectivity index (χ1v) is 7.40. The van der Waals surface area contributed by atoms with E-state index in [9.17, 15) is 0 Å². The number of para-hydroxylation sites is 1. The second kappa shape index (κ2) is 4.88. The van der Waals surface area contributed by atoms with Gasteiger partial charge in [-0.1, -0.05) is 18.2 Å². The van der Waals surface area contributed by atoms with Gasteiger partial charge in [-0.15, -0.1) is 0 Å². The van der Waals surface area contributed by atoms with Gasteiger partial charge >= 0.3 is 0 Å². The van der Waals surface area contributed by atoms with Gasteiger partial charge in [-0.05, 0) is 18.9 Å². The van der Waals surface area contributed by atoms with Crippen molar-refractivity contribution in [1.29, 1.82) is 0 Å². The Balaban J connectivity index is 1.64. The Bertz CT molecular complexity index is 610. The molecule has 0 saturated carbocycles. The predicted molar refractivity (Wildman–Crippen MR) is 77.3 cm³/mol. The summed E-state index contributed by atoms with van der Waals surface area (Å²) in [6.45, 7) is 3.43. The summed E-state index contributed by atoms with van der Waals surface area (Å²) in [5.74, 6) is 0.921. The molecule has 0 amide bonds. The van der Waals surface area contributed by atoms with Crippen molar-refractivity contribution >= 4 is 11.0 Å². The Kier molecular flexibility index (Phi) is 3.02. The maximum atomic E-state index is 5.90. The average Bonchev–Trinajstić information content (AvgIpc) is 3.00. The molecule has 0 radical (unpaired) electrons. The quantitative estimate of drug-likeness (QED) is 0.931. The number of likely N-dealkylation sites (tertiary alicyclic amines) is 1. The minimum absolute atomic E-state index is 0.424. The van der Waals surface area contributed by atoms with Crippen LogP contribution in [-0.2, 0) is 17.8 Å². The van der Waals surface area contributed by atoms with Crippen molar-refractivity contribution in [2.75, 3.05) is 13.1 Å². The fourth-order valence-corrected chi connectivity index (χ4v) is 3.54. The predicted octanol–water partition coefficient (Wildman–Crippen LogP) is 2.25. The van der Waals surface area contributed by atoms with E-state index in [0.717, 1.165) is 31.0 Å². The van der Waals surface area contributed by atoms with E-state index in [-0.39, 0.29) is 0 Å². The molecule has 2 N–H and O–H groups in total. The number of nitrogens with two attached hydrogens (primary N) is 1.